The molecule has 0 spiro atoms. The van der Waals surface area contributed by atoms with Crippen molar-refractivity contribution in [2.45, 2.75) is 55.9 Å². The minimum atomic E-state index is -3.40. The second-order valence-electron chi connectivity index (χ2n) is 5.94. The fourth-order valence-corrected chi connectivity index (χ4v) is 4.31. The number of sulfonamides is 1. The molecule has 2 rings (SSSR count). The summed E-state index contributed by atoms with van der Waals surface area (Å²) in [5.74, 6) is 0. The highest BCUT2D eigenvalue weighted by Crippen LogP contribution is 2.36. The molecule has 0 heterocycles. The van der Waals surface area contributed by atoms with Gasteiger partial charge in [0.05, 0.1) is 4.90 Å². The quantitative estimate of drug-likeness (QED) is 0.725. The Labute approximate surface area is 128 Å². The van der Waals surface area contributed by atoms with Crippen molar-refractivity contribution >= 4 is 10.0 Å². The van der Waals surface area contributed by atoms with Crippen molar-refractivity contribution in [3.05, 3.63) is 29.8 Å². The van der Waals surface area contributed by atoms with Gasteiger partial charge in [-0.2, -0.15) is 0 Å². The van der Waals surface area contributed by atoms with Crippen LogP contribution in [0.15, 0.2) is 29.2 Å². The molecule has 4 nitrogen and oxygen atoms in total. The Bertz CT molecular complexity index is 543. The van der Waals surface area contributed by atoms with Crippen LogP contribution in [0.1, 0.15) is 44.6 Å². The van der Waals surface area contributed by atoms with Crippen molar-refractivity contribution in [3.63, 3.8) is 0 Å². The molecule has 0 radical (unpaired) electrons. The van der Waals surface area contributed by atoms with E-state index in [9.17, 15) is 8.42 Å². The molecular weight excluding hydrogens is 284 g/mol. The number of hydrogen-bond acceptors (Lipinski definition) is 3. The van der Waals surface area contributed by atoms with Crippen molar-refractivity contribution < 1.29 is 8.42 Å². The highest BCUT2D eigenvalue weighted by Gasteiger charge is 2.38. The lowest BCUT2D eigenvalue weighted by atomic mass is 9.76. The first kappa shape index (κ1) is 16.5. The fourth-order valence-electron chi connectivity index (χ4n) is 2.78. The summed E-state index contributed by atoms with van der Waals surface area (Å²) in [5, 5.41) is 3.11. The minimum Gasteiger partial charge on any atom is -0.320 e. The average Bonchev–Trinajstić information content (AvgIpc) is 2.44. The van der Waals surface area contributed by atoms with Crippen molar-refractivity contribution in [1.82, 2.24) is 10.0 Å². The van der Waals surface area contributed by atoms with E-state index in [4.69, 9.17) is 0 Å². The highest BCUT2D eigenvalue weighted by molar-refractivity contribution is 7.89. The van der Waals surface area contributed by atoms with Gasteiger partial charge in [-0.1, -0.05) is 19.1 Å². The van der Waals surface area contributed by atoms with Crippen LogP contribution in [-0.4, -0.2) is 27.5 Å². The van der Waals surface area contributed by atoms with Gasteiger partial charge in [0.2, 0.25) is 10.0 Å². The van der Waals surface area contributed by atoms with Gasteiger partial charge in [0, 0.05) is 5.54 Å². The van der Waals surface area contributed by atoms with Gasteiger partial charge in [0.15, 0.2) is 0 Å². The van der Waals surface area contributed by atoms with Crippen LogP contribution in [0.25, 0.3) is 0 Å². The van der Waals surface area contributed by atoms with Gasteiger partial charge in [0.1, 0.15) is 0 Å². The third-order valence-electron chi connectivity index (χ3n) is 4.46. The molecule has 5 heteroatoms. The molecule has 0 saturated heterocycles. The molecule has 1 fully saturated rings. The van der Waals surface area contributed by atoms with Gasteiger partial charge in [-0.05, 0) is 69.8 Å². The summed E-state index contributed by atoms with van der Waals surface area (Å²) in [5.41, 5.74) is 0.975. The van der Waals surface area contributed by atoms with E-state index in [1.54, 1.807) is 12.1 Å². The van der Waals surface area contributed by atoms with Crippen LogP contribution in [0.4, 0.5) is 0 Å². The van der Waals surface area contributed by atoms with E-state index in [1.165, 1.54) is 5.56 Å². The number of rotatable bonds is 8. The second kappa shape index (κ2) is 6.90. The van der Waals surface area contributed by atoms with Crippen LogP contribution in [0.2, 0.25) is 0 Å². The Morgan fingerprint density at radius 3 is 2.33 bits per heavy atom. The molecule has 1 saturated carbocycles. The zero-order chi connectivity index (χ0) is 15.3. The van der Waals surface area contributed by atoms with Gasteiger partial charge in [-0.3, -0.25) is 0 Å². The number of nitrogens with one attached hydrogen (secondary N) is 2. The molecule has 1 aliphatic rings. The lowest BCUT2D eigenvalue weighted by Crippen LogP contribution is -2.52. The van der Waals surface area contributed by atoms with Crippen LogP contribution in [0.5, 0.6) is 0 Å². The largest absolute Gasteiger partial charge is 0.320 e. The monoisotopic (exact) mass is 310 g/mol. The molecule has 118 valence electrons. The van der Waals surface area contributed by atoms with Crippen LogP contribution in [0, 0.1) is 0 Å². The first-order valence-electron chi connectivity index (χ1n) is 7.79. The van der Waals surface area contributed by atoms with E-state index in [1.807, 2.05) is 26.1 Å². The summed E-state index contributed by atoms with van der Waals surface area (Å²) in [7, 11) is -1.46. The summed E-state index contributed by atoms with van der Waals surface area (Å²) in [6, 6.07) is 7.28. The molecule has 0 atom stereocenters. The lowest BCUT2D eigenvalue weighted by molar-refractivity contribution is 0.214. The van der Waals surface area contributed by atoms with Crippen molar-refractivity contribution in [2.75, 3.05) is 13.6 Å². The fraction of sp³-hybridized carbons (Fsp3) is 0.625. The smallest absolute Gasteiger partial charge is 0.241 e. The molecule has 1 aliphatic carbocycles. The van der Waals surface area contributed by atoms with E-state index in [-0.39, 0.29) is 5.54 Å². The topological polar surface area (TPSA) is 58.2 Å². The van der Waals surface area contributed by atoms with Gasteiger partial charge < -0.3 is 5.32 Å². The summed E-state index contributed by atoms with van der Waals surface area (Å²) in [4.78, 5) is 0.375. The van der Waals surface area contributed by atoms with Gasteiger partial charge >= 0.3 is 0 Å². The highest BCUT2D eigenvalue weighted by atomic mass is 32.2. The summed E-state index contributed by atoms with van der Waals surface area (Å²) in [6.45, 7) is 3.02. The van der Waals surface area contributed by atoms with Crippen LogP contribution < -0.4 is 10.0 Å². The maximum atomic E-state index is 12.5. The molecule has 0 aliphatic heterocycles. The normalized spacial score (nSPS) is 17.4. The Kier molecular flexibility index (Phi) is 5.41. The minimum absolute atomic E-state index is 0.204. The molecule has 0 aromatic heterocycles. The van der Waals surface area contributed by atoms with E-state index in [2.05, 4.69) is 10.0 Å². The number of aryl methyl sites for hydroxylation is 1. The first-order valence-corrected chi connectivity index (χ1v) is 9.27. The molecule has 21 heavy (non-hydrogen) atoms. The Morgan fingerprint density at radius 2 is 1.86 bits per heavy atom. The van der Waals surface area contributed by atoms with Gasteiger partial charge in [0.25, 0.3) is 0 Å². The van der Waals surface area contributed by atoms with Crippen LogP contribution in [0.3, 0.4) is 0 Å². The van der Waals surface area contributed by atoms with E-state index < -0.39 is 10.0 Å². The van der Waals surface area contributed by atoms with Crippen molar-refractivity contribution in [3.8, 4) is 0 Å². The molecule has 0 amide bonds. The second-order valence-corrected chi connectivity index (χ2v) is 7.63. The summed E-state index contributed by atoms with van der Waals surface area (Å²) >= 11 is 0. The third-order valence-corrected chi connectivity index (χ3v) is 6.06. The zero-order valence-corrected chi connectivity index (χ0v) is 13.8. The molecular formula is C16H26N2O2S. The predicted molar refractivity (Wildman–Crippen MR) is 85.9 cm³/mol. The van der Waals surface area contributed by atoms with Crippen LogP contribution in [-0.2, 0) is 16.4 Å². The first-order chi connectivity index (χ1) is 10.0. The summed E-state index contributed by atoms with van der Waals surface area (Å²) < 4.78 is 27.8. The zero-order valence-electron chi connectivity index (χ0n) is 13.0. The van der Waals surface area contributed by atoms with Crippen molar-refractivity contribution in [1.29, 1.82) is 0 Å². The molecule has 1 aromatic carbocycles. The van der Waals surface area contributed by atoms with E-state index in [0.29, 0.717) is 4.90 Å². The lowest BCUT2D eigenvalue weighted by Gasteiger charge is -2.41. The molecule has 1 aromatic rings. The van der Waals surface area contributed by atoms with E-state index >= 15 is 0 Å². The predicted octanol–water partition coefficient (Wildman–Crippen LogP) is 2.45. The molecule has 0 unspecified atom stereocenters. The van der Waals surface area contributed by atoms with Gasteiger partial charge in [-0.25, -0.2) is 13.1 Å². The number of benzene rings is 1. The van der Waals surface area contributed by atoms with E-state index in [0.717, 1.165) is 45.1 Å². The molecule has 0 bridgehead atoms. The van der Waals surface area contributed by atoms with Crippen molar-refractivity contribution in [2.24, 2.45) is 0 Å². The Balaban J connectivity index is 2.03. The summed E-state index contributed by atoms with van der Waals surface area (Å²) in [6.07, 6.45) is 5.89. The third kappa shape index (κ3) is 4.05. The Morgan fingerprint density at radius 1 is 1.19 bits per heavy atom. The average molecular weight is 310 g/mol. The van der Waals surface area contributed by atoms with Crippen LogP contribution >= 0.6 is 0 Å². The standard InChI is InChI=1S/C16H26N2O2S/c1-3-16(11-5-12-16)18-21(19,20)15-9-7-14(8-10-15)6-4-13-17-2/h7-10,17-18H,3-6,11-13H2,1-2H3. The maximum absolute atomic E-state index is 12.5. The Hall–Kier alpha value is -0.910. The maximum Gasteiger partial charge on any atom is 0.241 e. The molecule has 2 N–H and O–H groups in total. The van der Waals surface area contributed by atoms with Gasteiger partial charge in [-0.15, -0.1) is 0 Å². The number of hydrogen-bond donors (Lipinski definition) is 2. The SMILES string of the molecule is CCC1(NS(=O)(=O)c2ccc(CCCNC)cc2)CCC1.